The monoisotopic (exact) mass is 161 g/mol. The van der Waals surface area contributed by atoms with Gasteiger partial charge in [-0.2, -0.15) is 11.8 Å². The Kier molecular flexibility index (Phi) is 2.61. The summed E-state index contributed by atoms with van der Waals surface area (Å²) in [5, 5.41) is 8.50. The molecule has 1 heterocycles. The number of nitrogens with one attached hydrogen (secondary N) is 1. The highest BCUT2D eigenvalue weighted by Gasteiger charge is 2.34. The molecule has 60 valence electrons. The fraction of sp³-hybridized carbons (Fsp3) is 1.00. The van der Waals surface area contributed by atoms with E-state index in [-0.39, 0.29) is 0 Å². The lowest BCUT2D eigenvalue weighted by molar-refractivity contribution is 0.142. The van der Waals surface area contributed by atoms with Crippen molar-refractivity contribution in [2.45, 2.75) is 25.0 Å². The van der Waals surface area contributed by atoms with E-state index in [4.69, 9.17) is 5.21 Å². The minimum Gasteiger partial charge on any atom is -0.317 e. The van der Waals surface area contributed by atoms with Crippen molar-refractivity contribution in [1.29, 1.82) is 0 Å². The molecule has 0 spiro atoms. The summed E-state index contributed by atoms with van der Waals surface area (Å²) in [4.78, 5) is 0. The maximum Gasteiger partial charge on any atom is 0.0249 e. The average Bonchev–Trinajstić information content (AvgIpc) is 2.13. The molecule has 1 aliphatic rings. The first-order valence-corrected chi connectivity index (χ1v) is 4.66. The van der Waals surface area contributed by atoms with Gasteiger partial charge in [0.15, 0.2) is 0 Å². The largest absolute Gasteiger partial charge is 0.317 e. The highest BCUT2D eigenvalue weighted by atomic mass is 32.2. The molecule has 0 radical (unpaired) electrons. The molecule has 0 aromatic heterocycles. The van der Waals surface area contributed by atoms with E-state index in [2.05, 4.69) is 19.3 Å². The van der Waals surface area contributed by atoms with Crippen molar-refractivity contribution in [2.24, 2.45) is 5.92 Å². The minimum atomic E-state index is 0.357. The second-order valence-corrected chi connectivity index (χ2v) is 5.05. The maximum atomic E-state index is 8.50. The molecule has 0 saturated carbocycles. The van der Waals surface area contributed by atoms with E-state index in [0.717, 1.165) is 6.54 Å². The van der Waals surface area contributed by atoms with Crippen LogP contribution in [-0.4, -0.2) is 22.3 Å². The Balaban J connectivity index is 2.43. The third kappa shape index (κ3) is 1.65. The van der Waals surface area contributed by atoms with Gasteiger partial charge in [-0.25, -0.2) is 5.48 Å². The van der Waals surface area contributed by atoms with Crippen LogP contribution in [0.3, 0.4) is 0 Å². The lowest BCUT2D eigenvalue weighted by Crippen LogP contribution is -2.30. The van der Waals surface area contributed by atoms with Crippen LogP contribution in [0.1, 0.15) is 20.3 Å². The van der Waals surface area contributed by atoms with Crippen molar-refractivity contribution < 1.29 is 5.21 Å². The SMILES string of the molecule is CC1(C)SCCC1CNO. The molecule has 2 N–H and O–H groups in total. The molecule has 1 aliphatic heterocycles. The summed E-state index contributed by atoms with van der Waals surface area (Å²) in [5.41, 5.74) is 2.25. The van der Waals surface area contributed by atoms with Gasteiger partial charge < -0.3 is 5.21 Å². The van der Waals surface area contributed by atoms with Gasteiger partial charge in [-0.1, -0.05) is 13.8 Å². The van der Waals surface area contributed by atoms with Crippen LogP contribution in [-0.2, 0) is 0 Å². The molecule has 0 aliphatic carbocycles. The van der Waals surface area contributed by atoms with E-state index in [1.807, 2.05) is 11.8 Å². The maximum absolute atomic E-state index is 8.50. The number of rotatable bonds is 2. The normalized spacial score (nSPS) is 30.9. The zero-order valence-corrected chi connectivity index (χ0v) is 7.37. The second kappa shape index (κ2) is 3.11. The highest BCUT2D eigenvalue weighted by molar-refractivity contribution is 8.00. The molecule has 10 heavy (non-hydrogen) atoms. The van der Waals surface area contributed by atoms with Crippen LogP contribution >= 0.6 is 11.8 Å². The summed E-state index contributed by atoms with van der Waals surface area (Å²) in [7, 11) is 0. The van der Waals surface area contributed by atoms with E-state index >= 15 is 0 Å². The Morgan fingerprint density at radius 1 is 1.70 bits per heavy atom. The molecule has 3 heteroatoms. The van der Waals surface area contributed by atoms with Gasteiger partial charge in [0.25, 0.3) is 0 Å². The number of hydroxylamine groups is 1. The van der Waals surface area contributed by atoms with E-state index in [0.29, 0.717) is 10.7 Å². The Bertz CT molecular complexity index is 116. The number of thioether (sulfide) groups is 1. The summed E-state index contributed by atoms with van der Waals surface area (Å²) in [5.74, 6) is 1.86. The summed E-state index contributed by atoms with van der Waals surface area (Å²) in [6, 6.07) is 0. The third-order valence-corrected chi connectivity index (χ3v) is 3.78. The number of hydrogen-bond donors (Lipinski definition) is 2. The Morgan fingerprint density at radius 3 is 2.80 bits per heavy atom. The van der Waals surface area contributed by atoms with Crippen LogP contribution in [0.5, 0.6) is 0 Å². The molecule has 1 fully saturated rings. The van der Waals surface area contributed by atoms with Gasteiger partial charge in [0.05, 0.1) is 0 Å². The van der Waals surface area contributed by atoms with Crippen LogP contribution in [0, 0.1) is 5.92 Å². The fourth-order valence-electron chi connectivity index (χ4n) is 1.39. The first kappa shape index (κ1) is 8.37. The number of hydrogen-bond acceptors (Lipinski definition) is 3. The van der Waals surface area contributed by atoms with Gasteiger partial charge in [0.2, 0.25) is 0 Å². The first-order chi connectivity index (χ1) is 4.67. The highest BCUT2D eigenvalue weighted by Crippen LogP contribution is 2.41. The van der Waals surface area contributed by atoms with E-state index in [1.54, 1.807) is 0 Å². The van der Waals surface area contributed by atoms with Crippen LogP contribution in [0.2, 0.25) is 0 Å². The lowest BCUT2D eigenvalue weighted by Gasteiger charge is -2.24. The van der Waals surface area contributed by atoms with Crippen molar-refractivity contribution in [3.63, 3.8) is 0 Å². The van der Waals surface area contributed by atoms with Crippen molar-refractivity contribution >= 4 is 11.8 Å². The fourth-order valence-corrected chi connectivity index (χ4v) is 2.75. The molecular formula is C7H15NOS. The molecule has 1 unspecified atom stereocenters. The molecule has 1 saturated heterocycles. The zero-order valence-electron chi connectivity index (χ0n) is 6.55. The van der Waals surface area contributed by atoms with Crippen LogP contribution < -0.4 is 5.48 Å². The Labute approximate surface area is 66.3 Å². The predicted molar refractivity (Wildman–Crippen MR) is 44.4 cm³/mol. The quantitative estimate of drug-likeness (QED) is 0.602. The van der Waals surface area contributed by atoms with Crippen molar-refractivity contribution in [1.82, 2.24) is 5.48 Å². The lowest BCUT2D eigenvalue weighted by atomic mass is 9.93. The van der Waals surface area contributed by atoms with Crippen molar-refractivity contribution in [3.8, 4) is 0 Å². The summed E-state index contributed by atoms with van der Waals surface area (Å²) in [6.07, 6.45) is 1.23. The summed E-state index contributed by atoms with van der Waals surface area (Å²) < 4.78 is 0.357. The van der Waals surface area contributed by atoms with E-state index < -0.39 is 0 Å². The van der Waals surface area contributed by atoms with Crippen molar-refractivity contribution in [2.75, 3.05) is 12.3 Å². The molecule has 0 aromatic rings. The van der Waals surface area contributed by atoms with Gasteiger partial charge >= 0.3 is 0 Å². The zero-order chi connectivity index (χ0) is 7.61. The third-order valence-electron chi connectivity index (χ3n) is 2.26. The molecule has 0 amide bonds. The second-order valence-electron chi connectivity index (χ2n) is 3.30. The van der Waals surface area contributed by atoms with Gasteiger partial charge in [-0.3, -0.25) is 0 Å². The van der Waals surface area contributed by atoms with Gasteiger partial charge in [-0.15, -0.1) is 0 Å². The van der Waals surface area contributed by atoms with E-state index in [9.17, 15) is 0 Å². The van der Waals surface area contributed by atoms with Gasteiger partial charge in [0, 0.05) is 11.3 Å². The van der Waals surface area contributed by atoms with Crippen LogP contribution in [0.4, 0.5) is 0 Å². The Morgan fingerprint density at radius 2 is 2.40 bits per heavy atom. The molecule has 0 aromatic carbocycles. The van der Waals surface area contributed by atoms with Crippen LogP contribution in [0.25, 0.3) is 0 Å². The standard InChI is InChI=1S/C7H15NOS/c1-7(2)6(5-8-9)3-4-10-7/h6,8-9H,3-5H2,1-2H3. The average molecular weight is 161 g/mol. The molecule has 1 rings (SSSR count). The topological polar surface area (TPSA) is 32.3 Å². The smallest absolute Gasteiger partial charge is 0.0249 e. The van der Waals surface area contributed by atoms with Crippen LogP contribution in [0.15, 0.2) is 0 Å². The van der Waals surface area contributed by atoms with Gasteiger partial charge in [0.1, 0.15) is 0 Å². The summed E-state index contributed by atoms with van der Waals surface area (Å²) in [6.45, 7) is 5.22. The van der Waals surface area contributed by atoms with Crippen molar-refractivity contribution in [3.05, 3.63) is 0 Å². The Hall–Kier alpha value is 0.270. The molecule has 0 bridgehead atoms. The first-order valence-electron chi connectivity index (χ1n) is 3.68. The van der Waals surface area contributed by atoms with E-state index in [1.165, 1.54) is 12.2 Å². The molecule has 2 nitrogen and oxygen atoms in total. The molecular weight excluding hydrogens is 146 g/mol. The molecule has 1 atom stereocenters. The predicted octanol–water partition coefficient (Wildman–Crippen LogP) is 1.50. The van der Waals surface area contributed by atoms with Gasteiger partial charge in [-0.05, 0) is 18.1 Å². The minimum absolute atomic E-state index is 0.357. The summed E-state index contributed by atoms with van der Waals surface area (Å²) >= 11 is 2.00.